The van der Waals surface area contributed by atoms with E-state index < -0.39 is 8.25 Å². The average molecular weight is 362 g/mol. The Kier molecular flexibility index (Phi) is 3.01. The van der Waals surface area contributed by atoms with Gasteiger partial charge in [-0.3, -0.25) is 4.52 Å². The first kappa shape index (κ1) is 15.0. The van der Waals surface area contributed by atoms with Crippen LogP contribution in [0.5, 0.6) is 5.75 Å². The molecule has 0 aromatic heterocycles. The molecular formula is C22H19O3P. The Hall–Kier alpha value is -2.09. The summed E-state index contributed by atoms with van der Waals surface area (Å²) in [5, 5.41) is 2.40. The first-order valence-corrected chi connectivity index (χ1v) is 10.5. The first-order chi connectivity index (χ1) is 12.8. The van der Waals surface area contributed by atoms with Crippen LogP contribution in [-0.4, -0.2) is 5.60 Å². The normalized spacial score (nSPS) is 31.5. The fourth-order valence-corrected chi connectivity index (χ4v) is 6.21. The van der Waals surface area contributed by atoms with Gasteiger partial charge >= 0.3 is 8.25 Å². The van der Waals surface area contributed by atoms with Gasteiger partial charge < -0.3 is 4.52 Å². The molecular weight excluding hydrogens is 343 g/mol. The van der Waals surface area contributed by atoms with Gasteiger partial charge in [0, 0.05) is 17.4 Å². The van der Waals surface area contributed by atoms with E-state index in [0.29, 0.717) is 5.92 Å². The zero-order valence-corrected chi connectivity index (χ0v) is 15.3. The zero-order chi connectivity index (χ0) is 17.3. The predicted molar refractivity (Wildman–Crippen MR) is 102 cm³/mol. The highest BCUT2D eigenvalue weighted by Crippen LogP contribution is 2.66. The molecule has 4 unspecified atom stereocenters. The summed E-state index contributed by atoms with van der Waals surface area (Å²) in [5.41, 5.74) is 3.66. The van der Waals surface area contributed by atoms with E-state index in [1.807, 2.05) is 12.1 Å². The highest BCUT2D eigenvalue weighted by atomic mass is 31.1. The highest BCUT2D eigenvalue weighted by molar-refractivity contribution is 7.33. The molecule has 2 aliphatic carbocycles. The van der Waals surface area contributed by atoms with E-state index in [4.69, 9.17) is 9.05 Å². The molecule has 130 valence electrons. The number of aryl methyl sites for hydroxylation is 1. The standard InChI is InChI=1S/C22H19O3P/c23-26-24-19-10-9-14-5-1-4-8-17(14)21(19)20-16-7-3-2-6-15(16)11-12-22(25-26)13-18(20)22/h1-10,18,20,26H,11-13H2. The van der Waals surface area contributed by atoms with E-state index in [9.17, 15) is 4.57 Å². The molecule has 3 nitrogen and oxygen atoms in total. The van der Waals surface area contributed by atoms with Crippen LogP contribution >= 0.6 is 8.25 Å². The van der Waals surface area contributed by atoms with Gasteiger partial charge in [0.2, 0.25) is 0 Å². The molecule has 0 amide bonds. The van der Waals surface area contributed by atoms with Crippen molar-refractivity contribution in [2.75, 3.05) is 0 Å². The number of hydrogen-bond donors (Lipinski definition) is 0. The molecule has 26 heavy (non-hydrogen) atoms. The predicted octanol–water partition coefficient (Wildman–Crippen LogP) is 5.48. The second-order valence-corrected chi connectivity index (χ2v) is 8.61. The van der Waals surface area contributed by atoms with E-state index in [-0.39, 0.29) is 11.5 Å². The Balaban J connectivity index is 1.71. The molecule has 4 heteroatoms. The van der Waals surface area contributed by atoms with Crippen molar-refractivity contribution in [1.29, 1.82) is 0 Å². The lowest BCUT2D eigenvalue weighted by molar-refractivity contribution is 0.139. The minimum absolute atomic E-state index is 0.227. The summed E-state index contributed by atoms with van der Waals surface area (Å²) in [6, 6.07) is 21.2. The van der Waals surface area contributed by atoms with Crippen LogP contribution in [-0.2, 0) is 15.5 Å². The largest absolute Gasteiger partial charge is 0.426 e. The lowest BCUT2D eigenvalue weighted by Crippen LogP contribution is -2.19. The van der Waals surface area contributed by atoms with E-state index in [2.05, 4.69) is 48.5 Å². The molecule has 1 heterocycles. The van der Waals surface area contributed by atoms with Crippen LogP contribution in [0.4, 0.5) is 0 Å². The fraction of sp³-hybridized carbons (Fsp3) is 0.273. The number of rotatable bonds is 0. The molecule has 3 aromatic rings. The Labute approximate surface area is 152 Å². The van der Waals surface area contributed by atoms with E-state index in [0.717, 1.165) is 25.0 Å². The summed E-state index contributed by atoms with van der Waals surface area (Å²) in [4.78, 5) is 0. The molecule has 0 N–H and O–H groups in total. The van der Waals surface area contributed by atoms with Crippen molar-refractivity contribution in [2.45, 2.75) is 30.8 Å². The minimum Gasteiger partial charge on any atom is -0.426 e. The van der Waals surface area contributed by atoms with Gasteiger partial charge in [0.05, 0.1) is 5.60 Å². The Morgan fingerprint density at radius 2 is 1.85 bits per heavy atom. The van der Waals surface area contributed by atoms with Crippen molar-refractivity contribution in [1.82, 2.24) is 0 Å². The summed E-state index contributed by atoms with van der Waals surface area (Å²) in [6.07, 6.45) is 2.86. The van der Waals surface area contributed by atoms with E-state index in [1.165, 1.54) is 27.5 Å². The summed E-state index contributed by atoms with van der Waals surface area (Å²) >= 11 is 0. The summed E-state index contributed by atoms with van der Waals surface area (Å²) in [7, 11) is -2.55. The Bertz CT molecular complexity index is 1080. The van der Waals surface area contributed by atoms with Crippen molar-refractivity contribution in [2.24, 2.45) is 5.92 Å². The molecule has 0 spiro atoms. The molecule has 2 bridgehead atoms. The van der Waals surface area contributed by atoms with Crippen LogP contribution in [0.3, 0.4) is 0 Å². The third kappa shape index (κ3) is 2.02. The highest BCUT2D eigenvalue weighted by Gasteiger charge is 2.62. The molecule has 3 aromatic carbocycles. The van der Waals surface area contributed by atoms with Crippen LogP contribution in [0.15, 0.2) is 60.7 Å². The van der Waals surface area contributed by atoms with Crippen LogP contribution in [0.2, 0.25) is 0 Å². The van der Waals surface area contributed by atoms with Gasteiger partial charge in [-0.05, 0) is 47.2 Å². The third-order valence-corrected chi connectivity index (χ3v) is 7.37. The van der Waals surface area contributed by atoms with Gasteiger partial charge in [0.1, 0.15) is 5.75 Å². The van der Waals surface area contributed by atoms with Crippen molar-refractivity contribution >= 4 is 19.0 Å². The number of benzene rings is 3. The zero-order valence-electron chi connectivity index (χ0n) is 14.3. The molecule has 0 radical (unpaired) electrons. The topological polar surface area (TPSA) is 35.5 Å². The lowest BCUT2D eigenvalue weighted by Gasteiger charge is -2.27. The molecule has 1 aliphatic heterocycles. The first-order valence-electron chi connectivity index (χ1n) is 9.25. The van der Waals surface area contributed by atoms with Crippen molar-refractivity contribution in [3.63, 3.8) is 0 Å². The smallest absolute Gasteiger partial charge is 0.368 e. The second kappa shape index (κ2) is 5.22. The van der Waals surface area contributed by atoms with Crippen LogP contribution < -0.4 is 4.52 Å². The maximum Gasteiger partial charge on any atom is 0.368 e. The van der Waals surface area contributed by atoms with Crippen LogP contribution in [0.1, 0.15) is 35.4 Å². The van der Waals surface area contributed by atoms with Crippen molar-refractivity contribution in [3.8, 4) is 5.75 Å². The molecule has 4 atom stereocenters. The van der Waals surface area contributed by atoms with Gasteiger partial charge in [-0.15, -0.1) is 0 Å². The average Bonchev–Trinajstić information content (AvgIpc) is 3.35. The van der Waals surface area contributed by atoms with Gasteiger partial charge in [0.25, 0.3) is 0 Å². The summed E-state index contributed by atoms with van der Waals surface area (Å²) < 4.78 is 24.5. The molecule has 1 fully saturated rings. The monoisotopic (exact) mass is 362 g/mol. The molecule has 1 saturated carbocycles. The molecule has 0 saturated heterocycles. The number of hydrogen-bond acceptors (Lipinski definition) is 3. The number of fused-ring (bicyclic) bond motifs is 6. The quantitative estimate of drug-likeness (QED) is 0.497. The summed E-state index contributed by atoms with van der Waals surface area (Å²) in [6.45, 7) is 0. The Morgan fingerprint density at radius 3 is 2.81 bits per heavy atom. The lowest BCUT2D eigenvalue weighted by atomic mass is 9.82. The van der Waals surface area contributed by atoms with E-state index >= 15 is 0 Å². The maximum atomic E-state index is 12.6. The third-order valence-electron chi connectivity index (χ3n) is 6.41. The van der Waals surface area contributed by atoms with Crippen molar-refractivity contribution in [3.05, 3.63) is 77.4 Å². The Morgan fingerprint density at radius 1 is 1.00 bits per heavy atom. The van der Waals surface area contributed by atoms with Crippen LogP contribution in [0.25, 0.3) is 10.8 Å². The SMILES string of the molecule is O=[PH]1Oc2ccc3ccccc3c2C2c3ccccc3CCC3(CC23)O1. The minimum atomic E-state index is -2.55. The van der Waals surface area contributed by atoms with Gasteiger partial charge in [-0.2, -0.15) is 0 Å². The fourth-order valence-electron chi connectivity index (χ4n) is 5.14. The van der Waals surface area contributed by atoms with Gasteiger partial charge in [0.15, 0.2) is 0 Å². The summed E-state index contributed by atoms with van der Waals surface area (Å²) in [5.74, 6) is 1.31. The van der Waals surface area contributed by atoms with Gasteiger partial charge in [-0.1, -0.05) is 54.6 Å². The molecule has 6 rings (SSSR count). The molecule has 3 aliphatic rings. The van der Waals surface area contributed by atoms with Crippen LogP contribution in [0, 0.1) is 5.92 Å². The maximum absolute atomic E-state index is 12.6. The van der Waals surface area contributed by atoms with Crippen molar-refractivity contribution < 1.29 is 13.6 Å². The van der Waals surface area contributed by atoms with E-state index in [1.54, 1.807) is 0 Å². The van der Waals surface area contributed by atoms with Gasteiger partial charge in [-0.25, -0.2) is 4.57 Å². The second-order valence-electron chi connectivity index (χ2n) is 7.70.